The number of rotatable bonds is 10. The van der Waals surface area contributed by atoms with E-state index in [4.69, 9.17) is 23.2 Å². The summed E-state index contributed by atoms with van der Waals surface area (Å²) in [6, 6.07) is 10.8. The van der Waals surface area contributed by atoms with Crippen LogP contribution >= 0.6 is 23.2 Å². The molecule has 0 aliphatic rings. The second-order valence-corrected chi connectivity index (χ2v) is 11.1. The zero-order chi connectivity index (χ0) is 25.6. The number of hydrogen-bond donors (Lipinski definition) is 1. The fourth-order valence-corrected chi connectivity index (χ4v) is 4.72. The Morgan fingerprint density at radius 2 is 1.71 bits per heavy atom. The van der Waals surface area contributed by atoms with Gasteiger partial charge in [-0.25, -0.2) is 8.42 Å². The Hall–Kier alpha value is -2.29. The van der Waals surface area contributed by atoms with Crippen molar-refractivity contribution >= 4 is 50.7 Å². The molecule has 34 heavy (non-hydrogen) atoms. The van der Waals surface area contributed by atoms with E-state index in [0.717, 1.165) is 22.5 Å². The number of aryl methyl sites for hydroxylation is 1. The molecule has 0 bridgehead atoms. The third-order valence-electron chi connectivity index (χ3n) is 5.52. The molecule has 2 rings (SSSR count). The molecule has 186 valence electrons. The van der Waals surface area contributed by atoms with Crippen LogP contribution in [-0.2, 0) is 26.2 Å². The van der Waals surface area contributed by atoms with E-state index in [9.17, 15) is 18.0 Å². The maximum atomic E-state index is 13.5. The summed E-state index contributed by atoms with van der Waals surface area (Å²) in [4.78, 5) is 27.8. The molecule has 2 amide bonds. The average molecular weight is 529 g/mol. The lowest BCUT2D eigenvalue weighted by Crippen LogP contribution is -2.52. The lowest BCUT2D eigenvalue weighted by molar-refractivity contribution is -0.139. The number of amides is 2. The number of benzene rings is 2. The molecule has 2 aromatic rings. The van der Waals surface area contributed by atoms with Crippen LogP contribution < -0.4 is 9.62 Å². The van der Waals surface area contributed by atoms with Crippen molar-refractivity contribution < 1.29 is 18.0 Å². The monoisotopic (exact) mass is 527 g/mol. The Balaban J connectivity index is 2.42. The van der Waals surface area contributed by atoms with Crippen LogP contribution in [0, 0.1) is 6.92 Å². The van der Waals surface area contributed by atoms with Gasteiger partial charge in [-0.1, -0.05) is 42.3 Å². The van der Waals surface area contributed by atoms with Crippen molar-refractivity contribution in [3.05, 3.63) is 63.6 Å². The summed E-state index contributed by atoms with van der Waals surface area (Å²) < 4.78 is 26.3. The third kappa shape index (κ3) is 7.61. The molecule has 0 heterocycles. The summed E-state index contributed by atoms with van der Waals surface area (Å²) in [7, 11) is -3.81. The van der Waals surface area contributed by atoms with E-state index in [1.807, 2.05) is 13.8 Å². The quantitative estimate of drug-likeness (QED) is 0.495. The highest BCUT2D eigenvalue weighted by atomic mass is 35.5. The van der Waals surface area contributed by atoms with Gasteiger partial charge in [0.25, 0.3) is 0 Å². The van der Waals surface area contributed by atoms with Gasteiger partial charge in [-0.2, -0.15) is 0 Å². The SMILES string of the molecule is CC[C@@H](C)NC(=O)[C@H](C)N(Cc1cccc(Cl)c1)C(=O)CN(c1ccc(Cl)cc1C)S(C)(=O)=O. The number of anilines is 1. The van der Waals surface area contributed by atoms with E-state index in [-0.39, 0.29) is 18.5 Å². The average Bonchev–Trinajstić information content (AvgIpc) is 2.74. The summed E-state index contributed by atoms with van der Waals surface area (Å²) in [6.07, 6.45) is 1.77. The van der Waals surface area contributed by atoms with E-state index < -0.39 is 28.5 Å². The third-order valence-corrected chi connectivity index (χ3v) is 7.11. The molecule has 2 aromatic carbocycles. The lowest BCUT2D eigenvalue weighted by Gasteiger charge is -2.32. The smallest absolute Gasteiger partial charge is 0.244 e. The van der Waals surface area contributed by atoms with E-state index in [0.29, 0.717) is 21.3 Å². The molecule has 0 aliphatic heterocycles. The van der Waals surface area contributed by atoms with Crippen molar-refractivity contribution in [2.45, 2.75) is 52.7 Å². The van der Waals surface area contributed by atoms with Gasteiger partial charge < -0.3 is 10.2 Å². The van der Waals surface area contributed by atoms with Crippen molar-refractivity contribution in [1.29, 1.82) is 0 Å². The second-order valence-electron chi connectivity index (χ2n) is 8.35. The molecule has 1 N–H and O–H groups in total. The van der Waals surface area contributed by atoms with Gasteiger partial charge in [0.2, 0.25) is 21.8 Å². The molecule has 0 aromatic heterocycles. The molecule has 10 heteroatoms. The summed E-state index contributed by atoms with van der Waals surface area (Å²) in [5.74, 6) is -0.843. The van der Waals surface area contributed by atoms with E-state index in [1.165, 1.54) is 4.90 Å². The first-order valence-electron chi connectivity index (χ1n) is 10.9. The first kappa shape index (κ1) is 28.0. The molecule has 0 unspecified atom stereocenters. The molecule has 7 nitrogen and oxygen atoms in total. The van der Waals surface area contributed by atoms with Crippen molar-refractivity contribution in [3.8, 4) is 0 Å². The number of carbonyl (C=O) groups excluding carboxylic acids is 2. The summed E-state index contributed by atoms with van der Waals surface area (Å²) >= 11 is 12.1. The Morgan fingerprint density at radius 1 is 1.06 bits per heavy atom. The van der Waals surface area contributed by atoms with Gasteiger partial charge in [-0.05, 0) is 68.7 Å². The highest BCUT2D eigenvalue weighted by Crippen LogP contribution is 2.26. The highest BCUT2D eigenvalue weighted by molar-refractivity contribution is 7.92. The summed E-state index contributed by atoms with van der Waals surface area (Å²) in [6.45, 7) is 6.79. The zero-order valence-corrected chi connectivity index (χ0v) is 22.3. The van der Waals surface area contributed by atoms with Crippen molar-refractivity contribution in [2.75, 3.05) is 17.1 Å². The lowest BCUT2D eigenvalue weighted by atomic mass is 10.1. The minimum Gasteiger partial charge on any atom is -0.352 e. The normalized spacial score (nSPS) is 13.1. The number of nitrogens with zero attached hydrogens (tertiary/aromatic N) is 2. The fourth-order valence-electron chi connectivity index (χ4n) is 3.37. The van der Waals surface area contributed by atoms with Crippen molar-refractivity contribution in [2.24, 2.45) is 0 Å². The molecular formula is C24H31Cl2N3O4S. The van der Waals surface area contributed by atoms with Gasteiger partial charge in [0.05, 0.1) is 11.9 Å². The molecule has 2 atom stereocenters. The first-order chi connectivity index (χ1) is 15.8. The molecule has 0 saturated carbocycles. The van der Waals surface area contributed by atoms with Gasteiger partial charge in [0.15, 0.2) is 0 Å². The Morgan fingerprint density at radius 3 is 2.26 bits per heavy atom. The Bertz CT molecular complexity index is 1140. The van der Waals surface area contributed by atoms with Gasteiger partial charge >= 0.3 is 0 Å². The minimum absolute atomic E-state index is 0.0673. The van der Waals surface area contributed by atoms with Crippen molar-refractivity contribution in [3.63, 3.8) is 0 Å². The maximum absolute atomic E-state index is 13.5. The number of sulfonamides is 1. The van der Waals surface area contributed by atoms with Crippen molar-refractivity contribution in [1.82, 2.24) is 10.2 Å². The number of hydrogen-bond acceptors (Lipinski definition) is 4. The Kier molecular flexibility index (Phi) is 9.79. The van der Waals surface area contributed by atoms with Gasteiger partial charge in [0, 0.05) is 22.6 Å². The summed E-state index contributed by atoms with van der Waals surface area (Å²) in [5.41, 5.74) is 1.67. The number of carbonyl (C=O) groups is 2. The number of nitrogens with one attached hydrogen (secondary N) is 1. The van der Waals surface area contributed by atoms with Gasteiger partial charge in [0.1, 0.15) is 12.6 Å². The summed E-state index contributed by atoms with van der Waals surface area (Å²) in [5, 5.41) is 3.84. The Labute approximate surface area is 212 Å². The molecule has 0 aliphatic carbocycles. The van der Waals surface area contributed by atoms with E-state index >= 15 is 0 Å². The molecule has 0 saturated heterocycles. The predicted octanol–water partition coefficient (Wildman–Crippen LogP) is 4.40. The molecule has 0 spiro atoms. The number of halogens is 2. The van der Waals surface area contributed by atoms with Crippen LogP contribution in [0.2, 0.25) is 10.0 Å². The van der Waals surface area contributed by atoms with Crippen LogP contribution in [0.3, 0.4) is 0 Å². The topological polar surface area (TPSA) is 86.8 Å². The minimum atomic E-state index is -3.81. The van der Waals surface area contributed by atoms with E-state index in [1.54, 1.807) is 56.3 Å². The van der Waals surface area contributed by atoms with Crippen LogP contribution in [-0.4, -0.2) is 50.0 Å². The van der Waals surface area contributed by atoms with Crippen LogP contribution in [0.25, 0.3) is 0 Å². The largest absolute Gasteiger partial charge is 0.352 e. The van der Waals surface area contributed by atoms with Crippen LogP contribution in [0.5, 0.6) is 0 Å². The van der Waals surface area contributed by atoms with E-state index in [2.05, 4.69) is 5.32 Å². The standard InChI is InChI=1S/C24H31Cl2N3O4S/c1-6-17(3)27-24(31)18(4)28(14-19-8-7-9-20(25)13-19)23(30)15-29(34(5,32)33)22-11-10-21(26)12-16(22)2/h7-13,17-18H,6,14-15H2,1-5H3,(H,27,31)/t17-,18+/m1/s1. The highest BCUT2D eigenvalue weighted by Gasteiger charge is 2.31. The molecule has 0 fully saturated rings. The fraction of sp³-hybridized carbons (Fsp3) is 0.417. The maximum Gasteiger partial charge on any atom is 0.244 e. The first-order valence-corrected chi connectivity index (χ1v) is 13.5. The van der Waals surface area contributed by atoms with Crippen LogP contribution in [0.4, 0.5) is 5.69 Å². The van der Waals surface area contributed by atoms with Gasteiger partial charge in [-0.15, -0.1) is 0 Å². The van der Waals surface area contributed by atoms with Gasteiger partial charge in [-0.3, -0.25) is 13.9 Å². The zero-order valence-electron chi connectivity index (χ0n) is 20.0. The van der Waals surface area contributed by atoms with Crippen LogP contribution in [0.15, 0.2) is 42.5 Å². The van der Waals surface area contributed by atoms with Crippen LogP contribution in [0.1, 0.15) is 38.3 Å². The molecule has 0 radical (unpaired) electrons. The second kappa shape index (κ2) is 11.9. The molecular weight excluding hydrogens is 497 g/mol. The predicted molar refractivity (Wildman–Crippen MR) is 138 cm³/mol.